The molecule has 1 unspecified atom stereocenters. The molecule has 2 rings (SSSR count). The van der Waals surface area contributed by atoms with E-state index in [0.717, 1.165) is 23.2 Å². The Morgan fingerprint density at radius 2 is 2.14 bits per heavy atom. The van der Waals surface area contributed by atoms with Crippen molar-refractivity contribution >= 4 is 34.8 Å². The van der Waals surface area contributed by atoms with Crippen LogP contribution in [0, 0.1) is 0 Å². The Hall–Kier alpha value is -2.16. The molecule has 158 valence electrons. The highest BCUT2D eigenvalue weighted by Crippen LogP contribution is 2.21. The summed E-state index contributed by atoms with van der Waals surface area (Å²) in [6.45, 7) is 6.24. The molecule has 0 fully saturated rings. The Kier molecular flexibility index (Phi) is 9.37. The molecule has 0 bridgehead atoms. The monoisotopic (exact) mass is 437 g/mol. The predicted octanol–water partition coefficient (Wildman–Crippen LogP) is 3.33. The molecule has 2 aromatic rings. The zero-order valence-electron chi connectivity index (χ0n) is 17.2. The minimum absolute atomic E-state index is 0.0114. The number of hydrogen-bond acceptors (Lipinski definition) is 5. The van der Waals surface area contributed by atoms with E-state index in [-0.39, 0.29) is 12.0 Å². The summed E-state index contributed by atoms with van der Waals surface area (Å²) in [4.78, 5) is 23.4. The van der Waals surface area contributed by atoms with Crippen LogP contribution in [0.4, 0.5) is 0 Å². The number of nitrogens with zero attached hydrogens (tertiary/aromatic N) is 3. The minimum Gasteiger partial charge on any atom is -0.375 e. The van der Waals surface area contributed by atoms with Gasteiger partial charge in [-0.25, -0.2) is 4.98 Å². The number of hydrogen-bond donors (Lipinski definition) is 2. The smallest absolute Gasteiger partial charge is 0.252 e. The van der Waals surface area contributed by atoms with E-state index in [2.05, 4.69) is 20.6 Å². The van der Waals surface area contributed by atoms with Gasteiger partial charge in [0.1, 0.15) is 11.1 Å². The number of carbonyl (C=O) groups is 1. The summed E-state index contributed by atoms with van der Waals surface area (Å²) >= 11 is 7.65. The first-order valence-corrected chi connectivity index (χ1v) is 10.7. The first-order chi connectivity index (χ1) is 14.0. The summed E-state index contributed by atoms with van der Waals surface area (Å²) in [5, 5.41) is 9.54. The molecule has 0 aliphatic rings. The van der Waals surface area contributed by atoms with E-state index in [1.807, 2.05) is 31.2 Å². The molecule has 0 saturated heterocycles. The number of nitrogens with one attached hydrogen (secondary N) is 2. The fourth-order valence-electron chi connectivity index (χ4n) is 2.54. The molecule has 0 aliphatic heterocycles. The lowest BCUT2D eigenvalue weighted by atomic mass is 10.2. The third-order valence-electron chi connectivity index (χ3n) is 4.14. The van der Waals surface area contributed by atoms with Crippen molar-refractivity contribution in [3.05, 3.63) is 50.9 Å². The molecule has 0 spiro atoms. The van der Waals surface area contributed by atoms with E-state index in [1.54, 1.807) is 42.7 Å². The largest absolute Gasteiger partial charge is 0.375 e. The van der Waals surface area contributed by atoms with Gasteiger partial charge >= 0.3 is 0 Å². The molecular formula is C20H28ClN5O2S. The zero-order valence-corrected chi connectivity index (χ0v) is 18.8. The fraction of sp³-hybridized carbons (Fsp3) is 0.450. The molecular weight excluding hydrogens is 410 g/mol. The highest BCUT2D eigenvalue weighted by Gasteiger charge is 2.13. The molecule has 2 N–H and O–H groups in total. The molecule has 1 amide bonds. The van der Waals surface area contributed by atoms with Gasteiger partial charge in [-0.2, -0.15) is 0 Å². The number of methoxy groups -OCH3 is 1. The van der Waals surface area contributed by atoms with Crippen LogP contribution in [0.15, 0.2) is 34.6 Å². The van der Waals surface area contributed by atoms with Crippen LogP contribution < -0.4 is 10.6 Å². The third-order valence-corrected chi connectivity index (χ3v) is 5.53. The van der Waals surface area contributed by atoms with Gasteiger partial charge < -0.3 is 20.3 Å². The number of amides is 1. The lowest BCUT2D eigenvalue weighted by Gasteiger charge is -2.21. The maximum Gasteiger partial charge on any atom is 0.252 e. The Morgan fingerprint density at radius 3 is 2.83 bits per heavy atom. The van der Waals surface area contributed by atoms with Crippen molar-refractivity contribution < 1.29 is 9.53 Å². The number of aliphatic imine (C=N–C) groups is 1. The van der Waals surface area contributed by atoms with E-state index >= 15 is 0 Å². The second-order valence-corrected chi connectivity index (χ2v) is 7.68. The van der Waals surface area contributed by atoms with Crippen LogP contribution in [0.2, 0.25) is 5.02 Å². The first-order valence-electron chi connectivity index (χ1n) is 9.45. The van der Waals surface area contributed by atoms with E-state index in [4.69, 9.17) is 16.3 Å². The number of benzene rings is 1. The normalized spacial score (nSPS) is 12.5. The molecule has 0 saturated carbocycles. The quantitative estimate of drug-likeness (QED) is 0.357. The number of ether oxygens (including phenoxy) is 1. The highest BCUT2D eigenvalue weighted by molar-refractivity contribution is 7.09. The van der Waals surface area contributed by atoms with Crippen LogP contribution >= 0.6 is 22.9 Å². The second-order valence-electron chi connectivity index (χ2n) is 6.38. The van der Waals surface area contributed by atoms with Crippen molar-refractivity contribution in [2.75, 3.05) is 33.8 Å². The molecule has 9 heteroatoms. The van der Waals surface area contributed by atoms with Crippen LogP contribution in [0.1, 0.15) is 41.0 Å². The van der Waals surface area contributed by atoms with Gasteiger partial charge in [-0.1, -0.05) is 23.7 Å². The minimum atomic E-state index is -0.202. The highest BCUT2D eigenvalue weighted by atomic mass is 35.5. The van der Waals surface area contributed by atoms with Gasteiger partial charge in [0, 0.05) is 32.6 Å². The van der Waals surface area contributed by atoms with E-state index in [1.165, 1.54) is 0 Å². The molecule has 29 heavy (non-hydrogen) atoms. The van der Waals surface area contributed by atoms with Crippen LogP contribution in [0.5, 0.6) is 0 Å². The van der Waals surface area contributed by atoms with Crippen molar-refractivity contribution in [1.29, 1.82) is 0 Å². The summed E-state index contributed by atoms with van der Waals surface area (Å²) in [5.74, 6) is 0.556. The zero-order chi connectivity index (χ0) is 21.2. The summed E-state index contributed by atoms with van der Waals surface area (Å²) in [6.07, 6.45) is -0.0114. The van der Waals surface area contributed by atoms with Crippen molar-refractivity contribution in [2.24, 2.45) is 4.99 Å². The first kappa shape index (κ1) is 23.1. The molecule has 7 nitrogen and oxygen atoms in total. The number of thiazole rings is 1. The Labute approximate surface area is 181 Å². The van der Waals surface area contributed by atoms with Gasteiger partial charge in [-0.15, -0.1) is 11.3 Å². The van der Waals surface area contributed by atoms with Crippen molar-refractivity contribution in [1.82, 2.24) is 20.5 Å². The Morgan fingerprint density at radius 1 is 1.38 bits per heavy atom. The molecule has 1 aromatic heterocycles. The molecule has 0 radical (unpaired) electrons. The van der Waals surface area contributed by atoms with Gasteiger partial charge in [0.2, 0.25) is 0 Å². The van der Waals surface area contributed by atoms with E-state index in [9.17, 15) is 4.79 Å². The lowest BCUT2D eigenvalue weighted by molar-refractivity contribution is 0.0955. The number of halogens is 1. The van der Waals surface area contributed by atoms with Crippen LogP contribution in [-0.4, -0.2) is 55.5 Å². The Balaban J connectivity index is 1.90. The van der Waals surface area contributed by atoms with Gasteiger partial charge in [0.05, 0.1) is 29.4 Å². The third kappa shape index (κ3) is 6.99. The maximum absolute atomic E-state index is 12.2. The van der Waals surface area contributed by atoms with Crippen LogP contribution in [0.25, 0.3) is 0 Å². The van der Waals surface area contributed by atoms with Crippen molar-refractivity contribution in [2.45, 2.75) is 26.5 Å². The summed E-state index contributed by atoms with van der Waals surface area (Å²) < 4.78 is 5.32. The van der Waals surface area contributed by atoms with Crippen molar-refractivity contribution in [3.63, 3.8) is 0 Å². The van der Waals surface area contributed by atoms with Crippen LogP contribution in [-0.2, 0) is 11.3 Å². The number of aromatic nitrogens is 1. The van der Waals surface area contributed by atoms with E-state index < -0.39 is 0 Å². The molecule has 1 aromatic carbocycles. The van der Waals surface area contributed by atoms with Gasteiger partial charge in [0.25, 0.3) is 5.91 Å². The molecule has 1 heterocycles. The second kappa shape index (κ2) is 11.7. The van der Waals surface area contributed by atoms with Crippen LogP contribution in [0.3, 0.4) is 0 Å². The summed E-state index contributed by atoms with van der Waals surface area (Å²) in [7, 11) is 3.64. The topological polar surface area (TPSA) is 78.9 Å². The van der Waals surface area contributed by atoms with Gasteiger partial charge in [-0.05, 0) is 26.0 Å². The standard InChI is InChI=1S/C20H28ClN5O2S/c1-5-22-20(26(3)12-15-13-29-19(25-15)14(2)28-4)24-11-10-23-18(27)16-8-6-7-9-17(16)21/h6-9,13-14H,5,10-12H2,1-4H3,(H,22,24)(H,23,27). The van der Waals surface area contributed by atoms with Gasteiger partial charge in [-0.3, -0.25) is 9.79 Å². The summed E-state index contributed by atoms with van der Waals surface area (Å²) in [5.41, 5.74) is 1.43. The number of guanidine groups is 1. The molecule has 0 aliphatic carbocycles. The van der Waals surface area contributed by atoms with Gasteiger partial charge in [0.15, 0.2) is 5.96 Å². The average molecular weight is 438 g/mol. The SMILES string of the molecule is CCNC(=NCCNC(=O)c1ccccc1Cl)N(C)Cc1csc(C(C)OC)n1. The van der Waals surface area contributed by atoms with Crippen molar-refractivity contribution in [3.8, 4) is 0 Å². The predicted molar refractivity (Wildman–Crippen MR) is 119 cm³/mol. The average Bonchev–Trinajstić information content (AvgIpc) is 3.18. The lowest BCUT2D eigenvalue weighted by Crippen LogP contribution is -2.39. The fourth-order valence-corrected chi connectivity index (χ4v) is 3.61. The number of carbonyl (C=O) groups excluding carboxylic acids is 1. The Bertz CT molecular complexity index is 827. The molecule has 1 atom stereocenters. The maximum atomic E-state index is 12.2. The number of rotatable bonds is 9. The summed E-state index contributed by atoms with van der Waals surface area (Å²) in [6, 6.07) is 6.98. The van der Waals surface area contributed by atoms with E-state index in [0.29, 0.717) is 30.2 Å².